The monoisotopic (exact) mass is 294 g/mol. The number of nitrogens with one attached hydrogen (secondary N) is 1. The van der Waals surface area contributed by atoms with E-state index in [0.717, 1.165) is 17.9 Å². The number of rotatable bonds is 6. The third kappa shape index (κ3) is 3.65. The topological polar surface area (TPSA) is 71.3 Å². The Morgan fingerprint density at radius 1 is 1.38 bits per heavy atom. The maximum atomic E-state index is 12.5. The number of aliphatic carboxylic acids is 1. The molecular formula is C16H26N2O3. The van der Waals surface area contributed by atoms with Gasteiger partial charge in [0.25, 0.3) is 5.91 Å². The second-order valence-electron chi connectivity index (χ2n) is 6.13. The van der Waals surface area contributed by atoms with E-state index in [4.69, 9.17) is 5.11 Å². The SMILES string of the molecule is CCn1c(C)cc(C(=O)NC(C)(CC(=O)O)C(C)C)c1C. The van der Waals surface area contributed by atoms with E-state index in [1.807, 2.05) is 40.7 Å². The summed E-state index contributed by atoms with van der Waals surface area (Å²) in [5.74, 6) is -1.10. The lowest BCUT2D eigenvalue weighted by Gasteiger charge is -2.33. The smallest absolute Gasteiger partial charge is 0.305 e. The van der Waals surface area contributed by atoms with Gasteiger partial charge in [-0.15, -0.1) is 0 Å². The second-order valence-corrected chi connectivity index (χ2v) is 6.13. The third-order valence-electron chi connectivity index (χ3n) is 4.33. The van der Waals surface area contributed by atoms with Gasteiger partial charge in [-0.05, 0) is 39.7 Å². The fourth-order valence-corrected chi connectivity index (χ4v) is 2.55. The van der Waals surface area contributed by atoms with E-state index in [1.54, 1.807) is 6.92 Å². The molecule has 118 valence electrons. The lowest BCUT2D eigenvalue weighted by Crippen LogP contribution is -2.51. The van der Waals surface area contributed by atoms with Gasteiger partial charge in [-0.2, -0.15) is 0 Å². The van der Waals surface area contributed by atoms with Gasteiger partial charge >= 0.3 is 5.97 Å². The van der Waals surface area contributed by atoms with Gasteiger partial charge in [0.1, 0.15) is 0 Å². The molecule has 0 saturated carbocycles. The molecule has 1 rings (SSSR count). The average molecular weight is 294 g/mol. The number of aryl methyl sites for hydroxylation is 1. The van der Waals surface area contributed by atoms with Crippen LogP contribution in [0.15, 0.2) is 6.07 Å². The van der Waals surface area contributed by atoms with Gasteiger partial charge in [0.2, 0.25) is 0 Å². The second kappa shape index (κ2) is 6.33. The minimum atomic E-state index is -0.912. The van der Waals surface area contributed by atoms with Gasteiger partial charge < -0.3 is 15.0 Å². The molecule has 0 aromatic carbocycles. The molecule has 0 saturated heterocycles. The Morgan fingerprint density at radius 2 is 1.95 bits per heavy atom. The highest BCUT2D eigenvalue weighted by atomic mass is 16.4. The van der Waals surface area contributed by atoms with E-state index in [0.29, 0.717) is 5.56 Å². The standard InChI is InChI=1S/C16H26N2O3/c1-7-18-11(4)8-13(12(18)5)15(21)17-16(6,10(2)3)9-14(19)20/h8,10H,7,9H2,1-6H3,(H,17,21)(H,19,20). The number of amides is 1. The summed E-state index contributed by atoms with van der Waals surface area (Å²) in [6.07, 6.45) is -0.0943. The molecule has 0 spiro atoms. The molecule has 1 aromatic rings. The summed E-state index contributed by atoms with van der Waals surface area (Å²) in [4.78, 5) is 23.6. The molecular weight excluding hydrogens is 268 g/mol. The van der Waals surface area contributed by atoms with Crippen molar-refractivity contribution < 1.29 is 14.7 Å². The summed E-state index contributed by atoms with van der Waals surface area (Å²) in [6, 6.07) is 1.86. The molecule has 1 heterocycles. The van der Waals surface area contributed by atoms with Crippen LogP contribution >= 0.6 is 0 Å². The van der Waals surface area contributed by atoms with E-state index < -0.39 is 11.5 Å². The lowest BCUT2D eigenvalue weighted by molar-refractivity contribution is -0.138. The molecule has 0 bridgehead atoms. The maximum absolute atomic E-state index is 12.5. The highest BCUT2D eigenvalue weighted by Crippen LogP contribution is 2.23. The summed E-state index contributed by atoms with van der Waals surface area (Å²) in [6.45, 7) is 12.3. The van der Waals surface area contributed by atoms with Crippen LogP contribution in [0.3, 0.4) is 0 Å². The molecule has 0 aliphatic carbocycles. The number of aromatic nitrogens is 1. The highest BCUT2D eigenvalue weighted by molar-refractivity contribution is 5.96. The highest BCUT2D eigenvalue weighted by Gasteiger charge is 2.33. The normalized spacial score (nSPS) is 14.0. The van der Waals surface area contributed by atoms with E-state index in [-0.39, 0.29) is 18.2 Å². The van der Waals surface area contributed by atoms with Gasteiger partial charge in [-0.1, -0.05) is 13.8 Å². The van der Waals surface area contributed by atoms with Crippen LogP contribution in [-0.4, -0.2) is 27.1 Å². The fraction of sp³-hybridized carbons (Fsp3) is 0.625. The van der Waals surface area contributed by atoms with Crippen LogP contribution in [-0.2, 0) is 11.3 Å². The van der Waals surface area contributed by atoms with Crippen molar-refractivity contribution in [2.24, 2.45) is 5.92 Å². The quantitative estimate of drug-likeness (QED) is 0.847. The predicted octanol–water partition coefficient (Wildman–Crippen LogP) is 2.74. The first-order chi connectivity index (χ1) is 9.62. The Kier molecular flexibility index (Phi) is 5.20. The van der Waals surface area contributed by atoms with Gasteiger partial charge in [0, 0.05) is 17.9 Å². The summed E-state index contributed by atoms with van der Waals surface area (Å²) < 4.78 is 2.07. The number of carbonyl (C=O) groups is 2. The minimum Gasteiger partial charge on any atom is -0.481 e. The van der Waals surface area contributed by atoms with Crippen LogP contribution in [0.2, 0.25) is 0 Å². The van der Waals surface area contributed by atoms with Gasteiger partial charge in [0.05, 0.1) is 17.5 Å². The van der Waals surface area contributed by atoms with Crippen LogP contribution in [0.1, 0.15) is 55.9 Å². The Morgan fingerprint density at radius 3 is 2.33 bits per heavy atom. The Bertz CT molecular complexity index is 546. The molecule has 0 radical (unpaired) electrons. The first kappa shape index (κ1) is 17.3. The van der Waals surface area contributed by atoms with Crippen LogP contribution in [0, 0.1) is 19.8 Å². The first-order valence-corrected chi connectivity index (χ1v) is 7.33. The number of carboxylic acids is 1. The van der Waals surface area contributed by atoms with Crippen molar-refractivity contribution in [1.29, 1.82) is 0 Å². The molecule has 0 aliphatic heterocycles. The van der Waals surface area contributed by atoms with Gasteiger partial charge in [-0.3, -0.25) is 9.59 Å². The van der Waals surface area contributed by atoms with E-state index in [1.165, 1.54) is 0 Å². The Labute approximate surface area is 126 Å². The van der Waals surface area contributed by atoms with Crippen molar-refractivity contribution in [2.45, 2.75) is 60.0 Å². The molecule has 5 nitrogen and oxygen atoms in total. The number of nitrogens with zero attached hydrogens (tertiary/aromatic N) is 1. The van der Waals surface area contributed by atoms with Crippen molar-refractivity contribution in [3.05, 3.63) is 23.0 Å². The van der Waals surface area contributed by atoms with Crippen molar-refractivity contribution in [3.8, 4) is 0 Å². The van der Waals surface area contributed by atoms with Crippen molar-refractivity contribution in [2.75, 3.05) is 0 Å². The zero-order chi connectivity index (χ0) is 16.4. The fourth-order valence-electron chi connectivity index (χ4n) is 2.55. The molecule has 0 fully saturated rings. The van der Waals surface area contributed by atoms with Crippen molar-refractivity contribution in [3.63, 3.8) is 0 Å². The maximum Gasteiger partial charge on any atom is 0.305 e. The van der Waals surface area contributed by atoms with E-state index in [2.05, 4.69) is 9.88 Å². The number of hydrogen-bond acceptors (Lipinski definition) is 2. The molecule has 5 heteroatoms. The zero-order valence-corrected chi connectivity index (χ0v) is 13.8. The third-order valence-corrected chi connectivity index (χ3v) is 4.33. The molecule has 1 amide bonds. The molecule has 0 aliphatic rings. The largest absolute Gasteiger partial charge is 0.481 e. The van der Waals surface area contributed by atoms with E-state index >= 15 is 0 Å². The van der Waals surface area contributed by atoms with Crippen molar-refractivity contribution in [1.82, 2.24) is 9.88 Å². The van der Waals surface area contributed by atoms with Crippen LogP contribution in [0.4, 0.5) is 0 Å². The summed E-state index contributed by atoms with van der Waals surface area (Å²) >= 11 is 0. The molecule has 2 N–H and O–H groups in total. The number of hydrogen-bond donors (Lipinski definition) is 2. The molecule has 1 unspecified atom stereocenters. The molecule has 21 heavy (non-hydrogen) atoms. The van der Waals surface area contributed by atoms with E-state index in [9.17, 15) is 9.59 Å². The Hall–Kier alpha value is -1.78. The molecule has 1 aromatic heterocycles. The lowest BCUT2D eigenvalue weighted by atomic mass is 9.85. The Balaban J connectivity index is 3.06. The van der Waals surface area contributed by atoms with Crippen LogP contribution < -0.4 is 5.32 Å². The predicted molar refractivity (Wildman–Crippen MR) is 82.5 cm³/mol. The zero-order valence-electron chi connectivity index (χ0n) is 13.8. The summed E-state index contributed by atoms with van der Waals surface area (Å²) in [5, 5.41) is 12.0. The summed E-state index contributed by atoms with van der Waals surface area (Å²) in [5.41, 5.74) is 1.79. The minimum absolute atomic E-state index is 0.0206. The van der Waals surface area contributed by atoms with Crippen molar-refractivity contribution >= 4 is 11.9 Å². The first-order valence-electron chi connectivity index (χ1n) is 7.33. The number of carboxylic acid groups (broad SMARTS) is 1. The molecule has 1 atom stereocenters. The van der Waals surface area contributed by atoms with Crippen LogP contribution in [0.25, 0.3) is 0 Å². The number of carbonyl (C=O) groups excluding carboxylic acids is 1. The average Bonchev–Trinajstić information content (AvgIpc) is 2.63. The summed E-state index contributed by atoms with van der Waals surface area (Å²) in [7, 11) is 0. The van der Waals surface area contributed by atoms with Crippen LogP contribution in [0.5, 0.6) is 0 Å². The van der Waals surface area contributed by atoms with Gasteiger partial charge in [0.15, 0.2) is 0 Å². The van der Waals surface area contributed by atoms with Gasteiger partial charge in [-0.25, -0.2) is 0 Å².